The number of benzene rings is 1. The monoisotopic (exact) mass is 473 g/mol. The van der Waals surface area contributed by atoms with Gasteiger partial charge in [-0.3, -0.25) is 9.36 Å². The van der Waals surface area contributed by atoms with Gasteiger partial charge in [0.15, 0.2) is 0 Å². The first-order valence-electron chi connectivity index (χ1n) is 10.4. The highest BCUT2D eigenvalue weighted by atomic mass is 35.5. The number of nitrogens with zero attached hydrogens (tertiary/aromatic N) is 2. The summed E-state index contributed by atoms with van der Waals surface area (Å²) in [5.74, 6) is -0.949. The number of aliphatic hydroxyl groups is 1. The van der Waals surface area contributed by atoms with Crippen molar-refractivity contribution in [3.05, 3.63) is 80.9 Å². The zero-order valence-corrected chi connectivity index (χ0v) is 18.3. The Labute approximate surface area is 193 Å². The van der Waals surface area contributed by atoms with Crippen LogP contribution < -0.4 is 16.2 Å². The standard InChI is InChI=1S/C23H22ClF2N5O2/c24-16-12-29-21(30-23(13-32)6-2-7-23)9-20(16)31-8-5-19(14(10-27)22(31)33)28-11-15-17(25)3-1-4-18(15)26/h1,3-5,8-10,12,27-28,32H,2,6-7,11,13H2,(H,29,30). The summed E-state index contributed by atoms with van der Waals surface area (Å²) in [5.41, 5.74) is -0.531. The maximum atomic E-state index is 13.9. The van der Waals surface area contributed by atoms with E-state index in [-0.39, 0.29) is 35.0 Å². The van der Waals surface area contributed by atoms with E-state index in [1.807, 2.05) is 0 Å². The van der Waals surface area contributed by atoms with Crippen molar-refractivity contribution in [2.75, 3.05) is 17.2 Å². The molecule has 1 aromatic carbocycles. The Morgan fingerprint density at radius 1 is 1.27 bits per heavy atom. The van der Waals surface area contributed by atoms with Gasteiger partial charge in [0.1, 0.15) is 17.5 Å². The lowest BCUT2D eigenvalue weighted by Crippen LogP contribution is -2.48. The number of aliphatic hydroxyl groups excluding tert-OH is 1. The zero-order chi connectivity index (χ0) is 23.6. The summed E-state index contributed by atoms with van der Waals surface area (Å²) in [7, 11) is 0. The van der Waals surface area contributed by atoms with Crippen LogP contribution in [0.15, 0.2) is 47.5 Å². The van der Waals surface area contributed by atoms with Gasteiger partial charge in [0.2, 0.25) is 0 Å². The van der Waals surface area contributed by atoms with Gasteiger partial charge < -0.3 is 21.1 Å². The highest BCUT2D eigenvalue weighted by Crippen LogP contribution is 2.35. The minimum atomic E-state index is -0.706. The lowest BCUT2D eigenvalue weighted by Gasteiger charge is -2.41. The molecule has 0 spiro atoms. The molecule has 0 unspecified atom stereocenters. The molecule has 33 heavy (non-hydrogen) atoms. The van der Waals surface area contributed by atoms with E-state index in [1.54, 1.807) is 6.07 Å². The molecule has 0 radical (unpaired) electrons. The lowest BCUT2D eigenvalue weighted by molar-refractivity contribution is 0.144. The Morgan fingerprint density at radius 2 is 2.00 bits per heavy atom. The quantitative estimate of drug-likeness (QED) is 0.369. The van der Waals surface area contributed by atoms with Crippen LogP contribution in [0.1, 0.15) is 30.4 Å². The Kier molecular flexibility index (Phi) is 6.44. The maximum absolute atomic E-state index is 13.9. The van der Waals surface area contributed by atoms with Gasteiger partial charge >= 0.3 is 0 Å². The molecule has 2 heterocycles. The Morgan fingerprint density at radius 3 is 2.61 bits per heavy atom. The second-order valence-electron chi connectivity index (χ2n) is 7.95. The van der Waals surface area contributed by atoms with Gasteiger partial charge in [0, 0.05) is 30.6 Å². The summed E-state index contributed by atoms with van der Waals surface area (Å²) >= 11 is 6.31. The van der Waals surface area contributed by atoms with Gasteiger partial charge in [-0.05, 0) is 37.5 Å². The fourth-order valence-corrected chi connectivity index (χ4v) is 3.99. The molecule has 1 saturated carbocycles. The maximum Gasteiger partial charge on any atom is 0.266 e. The first kappa shape index (κ1) is 22.9. The summed E-state index contributed by atoms with van der Waals surface area (Å²) in [6.45, 7) is -0.233. The van der Waals surface area contributed by atoms with E-state index >= 15 is 0 Å². The number of nitrogens with one attached hydrogen (secondary N) is 3. The molecule has 4 rings (SSSR count). The second-order valence-corrected chi connectivity index (χ2v) is 8.36. The SMILES string of the molecule is N=Cc1c(NCc2c(F)cccc2F)ccn(-c2cc(NC3(CO)CCC3)ncc2Cl)c1=O. The molecule has 0 amide bonds. The van der Waals surface area contributed by atoms with Crippen LogP contribution in [0.4, 0.5) is 20.3 Å². The van der Waals surface area contributed by atoms with Gasteiger partial charge in [-0.2, -0.15) is 0 Å². The number of anilines is 2. The first-order valence-corrected chi connectivity index (χ1v) is 10.7. The van der Waals surface area contributed by atoms with Gasteiger partial charge in [-0.1, -0.05) is 17.7 Å². The number of halogens is 3. The average molecular weight is 474 g/mol. The molecule has 0 bridgehead atoms. The Balaban J connectivity index is 1.65. The molecule has 1 aliphatic carbocycles. The van der Waals surface area contributed by atoms with E-state index in [0.29, 0.717) is 11.5 Å². The van der Waals surface area contributed by atoms with E-state index in [0.717, 1.165) is 37.6 Å². The van der Waals surface area contributed by atoms with Crippen LogP contribution >= 0.6 is 11.6 Å². The van der Waals surface area contributed by atoms with Crippen molar-refractivity contribution >= 4 is 29.3 Å². The molecule has 4 N–H and O–H groups in total. The Bertz CT molecular complexity index is 1230. The second kappa shape index (κ2) is 9.29. The van der Waals surface area contributed by atoms with Gasteiger partial charge in [0.05, 0.1) is 40.3 Å². The van der Waals surface area contributed by atoms with Crippen LogP contribution in [0.2, 0.25) is 5.02 Å². The van der Waals surface area contributed by atoms with Crippen molar-refractivity contribution < 1.29 is 13.9 Å². The molecule has 7 nitrogen and oxygen atoms in total. The predicted octanol–water partition coefficient (Wildman–Crippen LogP) is 4.10. The van der Waals surface area contributed by atoms with Crippen molar-refractivity contribution in [3.63, 3.8) is 0 Å². The topological polar surface area (TPSA) is 103 Å². The molecular formula is C23H22ClF2N5O2. The molecule has 172 valence electrons. The van der Waals surface area contributed by atoms with Gasteiger partial charge in [-0.15, -0.1) is 0 Å². The third-order valence-corrected chi connectivity index (χ3v) is 6.18. The van der Waals surface area contributed by atoms with Crippen molar-refractivity contribution in [2.24, 2.45) is 0 Å². The third-order valence-electron chi connectivity index (χ3n) is 5.89. The lowest BCUT2D eigenvalue weighted by atomic mass is 9.77. The summed E-state index contributed by atoms with van der Waals surface area (Å²) in [5, 5.41) is 23.7. The average Bonchev–Trinajstić information content (AvgIpc) is 2.77. The smallest absolute Gasteiger partial charge is 0.266 e. The van der Waals surface area contributed by atoms with Crippen molar-refractivity contribution in [2.45, 2.75) is 31.3 Å². The van der Waals surface area contributed by atoms with E-state index in [9.17, 15) is 18.7 Å². The summed E-state index contributed by atoms with van der Waals surface area (Å²) in [4.78, 5) is 17.4. The van der Waals surface area contributed by atoms with Crippen LogP contribution in [0, 0.1) is 17.0 Å². The fourth-order valence-electron chi connectivity index (χ4n) is 3.80. The van der Waals surface area contributed by atoms with E-state index in [1.165, 1.54) is 29.1 Å². The van der Waals surface area contributed by atoms with Crippen LogP contribution in [0.5, 0.6) is 0 Å². The van der Waals surface area contributed by atoms with Crippen molar-refractivity contribution in [1.82, 2.24) is 9.55 Å². The molecule has 0 atom stereocenters. The molecule has 2 aromatic heterocycles. The number of pyridine rings is 2. The first-order chi connectivity index (χ1) is 15.9. The highest BCUT2D eigenvalue weighted by Gasteiger charge is 2.36. The zero-order valence-electron chi connectivity index (χ0n) is 17.5. The summed E-state index contributed by atoms with van der Waals surface area (Å²) in [6, 6.07) is 6.71. The van der Waals surface area contributed by atoms with Gasteiger partial charge in [0.25, 0.3) is 5.56 Å². The largest absolute Gasteiger partial charge is 0.394 e. The number of hydrogen-bond donors (Lipinski definition) is 4. The Hall–Kier alpha value is -3.30. The van der Waals surface area contributed by atoms with Crippen LogP contribution in [0.25, 0.3) is 5.69 Å². The number of hydrogen-bond acceptors (Lipinski definition) is 6. The third kappa shape index (κ3) is 4.46. The van der Waals surface area contributed by atoms with E-state index in [4.69, 9.17) is 17.0 Å². The minimum Gasteiger partial charge on any atom is -0.394 e. The molecule has 10 heteroatoms. The van der Waals surface area contributed by atoms with Gasteiger partial charge in [-0.25, -0.2) is 13.8 Å². The number of rotatable bonds is 8. The molecule has 1 fully saturated rings. The van der Waals surface area contributed by atoms with Crippen LogP contribution in [-0.4, -0.2) is 33.0 Å². The predicted molar refractivity (Wildman–Crippen MR) is 124 cm³/mol. The molecular weight excluding hydrogens is 452 g/mol. The van der Waals surface area contributed by atoms with Crippen LogP contribution in [0.3, 0.4) is 0 Å². The number of aromatic nitrogens is 2. The highest BCUT2D eigenvalue weighted by molar-refractivity contribution is 6.32. The molecule has 0 aliphatic heterocycles. The summed E-state index contributed by atoms with van der Waals surface area (Å²) < 4.78 is 29.1. The van der Waals surface area contributed by atoms with Crippen LogP contribution in [-0.2, 0) is 6.54 Å². The summed E-state index contributed by atoms with van der Waals surface area (Å²) in [6.07, 6.45) is 6.37. The molecule has 3 aromatic rings. The molecule has 1 aliphatic rings. The fraction of sp³-hybridized carbons (Fsp3) is 0.261. The van der Waals surface area contributed by atoms with E-state index in [2.05, 4.69) is 15.6 Å². The molecule has 0 saturated heterocycles. The minimum absolute atomic E-state index is 0.00227. The van der Waals surface area contributed by atoms with Crippen molar-refractivity contribution in [1.29, 1.82) is 5.41 Å². The van der Waals surface area contributed by atoms with Crippen molar-refractivity contribution in [3.8, 4) is 5.69 Å². The normalized spacial score (nSPS) is 14.4. The van der Waals surface area contributed by atoms with E-state index < -0.39 is 22.7 Å².